The predicted octanol–water partition coefficient (Wildman–Crippen LogP) is 2.21. The van der Waals surface area contributed by atoms with Gasteiger partial charge >= 0.3 is 0 Å². The van der Waals surface area contributed by atoms with E-state index in [1.807, 2.05) is 12.1 Å². The second-order valence-corrected chi connectivity index (χ2v) is 6.22. The highest BCUT2D eigenvalue weighted by Crippen LogP contribution is 2.31. The molecule has 3 rings (SSSR count). The number of para-hydroxylation sites is 1. The van der Waals surface area contributed by atoms with Crippen molar-refractivity contribution < 1.29 is 4.92 Å². The highest BCUT2D eigenvalue weighted by Gasteiger charge is 2.33. The first-order valence-corrected chi connectivity index (χ1v) is 7.91. The Labute approximate surface area is 125 Å². The highest BCUT2D eigenvalue weighted by atomic mass is 16.6. The number of nitro benzene ring substituents is 1. The molecular formula is C16H23N3O2. The van der Waals surface area contributed by atoms with Gasteiger partial charge in [0.05, 0.1) is 4.92 Å². The number of nitrogens with one attached hydrogen (secondary N) is 1. The van der Waals surface area contributed by atoms with E-state index in [-0.39, 0.29) is 10.6 Å². The van der Waals surface area contributed by atoms with Gasteiger partial charge in [-0.2, -0.15) is 0 Å². The van der Waals surface area contributed by atoms with Crippen LogP contribution in [0, 0.1) is 16.0 Å². The monoisotopic (exact) mass is 289 g/mol. The number of likely N-dealkylation sites (tertiary alicyclic amines) is 1. The Hall–Kier alpha value is -1.46. The van der Waals surface area contributed by atoms with Gasteiger partial charge in [-0.3, -0.25) is 10.1 Å². The lowest BCUT2D eigenvalue weighted by Gasteiger charge is -2.15. The minimum atomic E-state index is -0.292. The smallest absolute Gasteiger partial charge is 0.272 e. The third-order valence-corrected chi connectivity index (χ3v) is 4.57. The first-order chi connectivity index (χ1) is 10.2. The van der Waals surface area contributed by atoms with Gasteiger partial charge in [0.25, 0.3) is 5.69 Å². The van der Waals surface area contributed by atoms with Crippen LogP contribution in [0.15, 0.2) is 24.3 Å². The predicted molar refractivity (Wildman–Crippen MR) is 82.4 cm³/mol. The second-order valence-electron chi connectivity index (χ2n) is 6.22. The molecule has 1 aliphatic carbocycles. The van der Waals surface area contributed by atoms with E-state index >= 15 is 0 Å². The van der Waals surface area contributed by atoms with Crippen LogP contribution in [-0.2, 0) is 6.42 Å². The maximum absolute atomic E-state index is 10.9. The molecule has 5 nitrogen and oxygen atoms in total. The van der Waals surface area contributed by atoms with E-state index < -0.39 is 0 Å². The Morgan fingerprint density at radius 1 is 1.29 bits per heavy atom. The van der Waals surface area contributed by atoms with Gasteiger partial charge in [-0.05, 0) is 51.2 Å². The number of rotatable bonds is 7. The van der Waals surface area contributed by atoms with E-state index in [4.69, 9.17) is 0 Å². The van der Waals surface area contributed by atoms with Crippen LogP contribution in [-0.4, -0.2) is 42.0 Å². The molecule has 2 aliphatic rings. The quantitative estimate of drug-likeness (QED) is 0.475. The maximum atomic E-state index is 10.9. The van der Waals surface area contributed by atoms with Gasteiger partial charge in [-0.1, -0.05) is 18.2 Å². The lowest BCUT2D eigenvalue weighted by molar-refractivity contribution is -0.385. The molecule has 1 aromatic carbocycles. The zero-order valence-corrected chi connectivity index (χ0v) is 12.3. The van der Waals surface area contributed by atoms with Crippen molar-refractivity contribution in [3.8, 4) is 0 Å². The Morgan fingerprint density at radius 2 is 2.10 bits per heavy atom. The molecule has 1 saturated heterocycles. The summed E-state index contributed by atoms with van der Waals surface area (Å²) >= 11 is 0. The van der Waals surface area contributed by atoms with Gasteiger partial charge in [-0.15, -0.1) is 0 Å². The molecular weight excluding hydrogens is 266 g/mol. The van der Waals surface area contributed by atoms with Crippen molar-refractivity contribution >= 4 is 5.69 Å². The fourth-order valence-corrected chi connectivity index (χ4v) is 3.23. The first kappa shape index (κ1) is 14.5. The van der Waals surface area contributed by atoms with E-state index in [1.54, 1.807) is 12.1 Å². The molecule has 1 saturated carbocycles. The summed E-state index contributed by atoms with van der Waals surface area (Å²) in [6, 6.07) is 7.90. The molecule has 1 unspecified atom stereocenters. The van der Waals surface area contributed by atoms with E-state index in [1.165, 1.54) is 32.4 Å². The molecule has 21 heavy (non-hydrogen) atoms. The maximum Gasteiger partial charge on any atom is 0.272 e. The minimum absolute atomic E-state index is 0.236. The largest absolute Gasteiger partial charge is 0.316 e. The summed E-state index contributed by atoms with van der Waals surface area (Å²) in [5, 5.41) is 14.4. The molecule has 0 spiro atoms. The Morgan fingerprint density at radius 3 is 2.86 bits per heavy atom. The molecule has 5 heteroatoms. The van der Waals surface area contributed by atoms with Crippen molar-refractivity contribution in [1.29, 1.82) is 0 Å². The van der Waals surface area contributed by atoms with Gasteiger partial charge in [0.15, 0.2) is 0 Å². The van der Waals surface area contributed by atoms with Crippen LogP contribution in [0.25, 0.3) is 0 Å². The van der Waals surface area contributed by atoms with Gasteiger partial charge in [0, 0.05) is 24.2 Å². The molecule has 0 aromatic heterocycles. The number of nitro groups is 1. The van der Waals surface area contributed by atoms with E-state index in [0.29, 0.717) is 0 Å². The molecule has 0 radical (unpaired) electrons. The van der Waals surface area contributed by atoms with Crippen LogP contribution in [0.5, 0.6) is 0 Å². The van der Waals surface area contributed by atoms with Crippen molar-refractivity contribution in [2.45, 2.75) is 31.7 Å². The Balaban J connectivity index is 1.39. The van der Waals surface area contributed by atoms with Gasteiger partial charge in [0.2, 0.25) is 0 Å². The van der Waals surface area contributed by atoms with Crippen molar-refractivity contribution in [3.05, 3.63) is 39.9 Å². The SMILES string of the molecule is O=[N+]([O-])c1ccccc1CCNCC1CCN(C2CC2)C1. The van der Waals surface area contributed by atoms with Crippen LogP contribution in [0.3, 0.4) is 0 Å². The number of hydrogen-bond donors (Lipinski definition) is 1. The van der Waals surface area contributed by atoms with Crippen molar-refractivity contribution in [2.75, 3.05) is 26.2 Å². The molecule has 114 valence electrons. The molecule has 1 atom stereocenters. The number of hydrogen-bond acceptors (Lipinski definition) is 4. The standard InChI is InChI=1S/C16H23N3O2/c20-19(21)16-4-2-1-3-14(16)7-9-17-11-13-8-10-18(12-13)15-5-6-15/h1-4,13,15,17H,5-12H2. The Kier molecular flexibility index (Phi) is 4.51. The van der Waals surface area contributed by atoms with Crippen LogP contribution < -0.4 is 5.32 Å². The van der Waals surface area contributed by atoms with E-state index in [9.17, 15) is 10.1 Å². The van der Waals surface area contributed by atoms with Crippen LogP contribution in [0.1, 0.15) is 24.8 Å². The highest BCUT2D eigenvalue weighted by molar-refractivity contribution is 5.39. The summed E-state index contributed by atoms with van der Waals surface area (Å²) in [6.45, 7) is 4.32. The normalized spacial score (nSPS) is 22.6. The zero-order valence-electron chi connectivity index (χ0n) is 12.3. The third kappa shape index (κ3) is 3.80. The summed E-state index contributed by atoms with van der Waals surface area (Å²) in [6.07, 6.45) is 4.78. The average Bonchev–Trinajstić information content (AvgIpc) is 3.23. The Bertz CT molecular complexity index is 502. The van der Waals surface area contributed by atoms with Crippen molar-refractivity contribution in [3.63, 3.8) is 0 Å². The summed E-state index contributed by atoms with van der Waals surface area (Å²) in [7, 11) is 0. The van der Waals surface area contributed by atoms with E-state index in [2.05, 4.69) is 10.2 Å². The summed E-state index contributed by atoms with van der Waals surface area (Å²) < 4.78 is 0. The topological polar surface area (TPSA) is 58.4 Å². The molecule has 2 fully saturated rings. The molecule has 0 bridgehead atoms. The third-order valence-electron chi connectivity index (χ3n) is 4.57. The zero-order chi connectivity index (χ0) is 14.7. The van der Waals surface area contributed by atoms with Crippen molar-refractivity contribution in [2.24, 2.45) is 5.92 Å². The van der Waals surface area contributed by atoms with Crippen LogP contribution in [0.2, 0.25) is 0 Å². The molecule has 0 amide bonds. The van der Waals surface area contributed by atoms with Gasteiger partial charge < -0.3 is 10.2 Å². The fourth-order valence-electron chi connectivity index (χ4n) is 3.23. The lowest BCUT2D eigenvalue weighted by atomic mass is 10.1. The van der Waals surface area contributed by atoms with Crippen LogP contribution in [0.4, 0.5) is 5.69 Å². The molecule has 1 aromatic rings. The summed E-state index contributed by atoms with van der Waals surface area (Å²) in [5.41, 5.74) is 1.06. The first-order valence-electron chi connectivity index (χ1n) is 7.91. The molecule has 1 N–H and O–H groups in total. The lowest BCUT2D eigenvalue weighted by Crippen LogP contribution is -2.28. The number of benzene rings is 1. The molecule has 1 aliphatic heterocycles. The van der Waals surface area contributed by atoms with Gasteiger partial charge in [-0.25, -0.2) is 0 Å². The minimum Gasteiger partial charge on any atom is -0.316 e. The number of nitrogens with zero attached hydrogens (tertiary/aromatic N) is 2. The van der Waals surface area contributed by atoms with E-state index in [0.717, 1.165) is 37.0 Å². The average molecular weight is 289 g/mol. The molecule has 1 heterocycles. The van der Waals surface area contributed by atoms with Gasteiger partial charge in [0.1, 0.15) is 0 Å². The van der Waals surface area contributed by atoms with Crippen molar-refractivity contribution in [1.82, 2.24) is 10.2 Å². The summed E-state index contributed by atoms with van der Waals surface area (Å²) in [5.74, 6) is 0.747. The second kappa shape index (κ2) is 6.54. The summed E-state index contributed by atoms with van der Waals surface area (Å²) in [4.78, 5) is 13.3. The fraction of sp³-hybridized carbons (Fsp3) is 0.625. The van der Waals surface area contributed by atoms with Crippen LogP contribution >= 0.6 is 0 Å².